The standard InChI is InChI=1S/C22H20F4N4O5S/c23-15-7-5-14(6-8-15)20-16-4-2-1-3-13(16)9-10-30(20)21(31)18-11-17(28-29-27)19(12-34-18)35-36(32,33)22(24,25)26/h1-8,17-20H,9-12H2/t17-,18+,19-,20-/m0/s1. The number of fused-ring (bicyclic) bond motifs is 1. The van der Waals surface area contributed by atoms with Gasteiger partial charge in [-0.15, -0.1) is 0 Å². The predicted octanol–water partition coefficient (Wildman–Crippen LogP) is 4.00. The molecule has 2 aromatic carbocycles. The first-order valence-electron chi connectivity index (χ1n) is 10.8. The van der Waals surface area contributed by atoms with E-state index in [2.05, 4.69) is 14.2 Å². The highest BCUT2D eigenvalue weighted by Gasteiger charge is 2.51. The molecule has 4 rings (SSSR count). The normalized spacial score (nSPS) is 24.5. The number of carbonyl (C=O) groups is 1. The van der Waals surface area contributed by atoms with Gasteiger partial charge in [0.25, 0.3) is 5.91 Å². The molecule has 2 heterocycles. The van der Waals surface area contributed by atoms with Crippen LogP contribution >= 0.6 is 0 Å². The molecule has 9 nitrogen and oxygen atoms in total. The van der Waals surface area contributed by atoms with Gasteiger partial charge in [0, 0.05) is 11.5 Å². The maximum atomic E-state index is 13.6. The van der Waals surface area contributed by atoms with Gasteiger partial charge in [0.2, 0.25) is 0 Å². The molecule has 2 aromatic rings. The van der Waals surface area contributed by atoms with Crippen molar-refractivity contribution in [3.05, 3.63) is 81.5 Å². The summed E-state index contributed by atoms with van der Waals surface area (Å²) in [5.41, 5.74) is 5.64. The lowest BCUT2D eigenvalue weighted by Gasteiger charge is -2.41. The van der Waals surface area contributed by atoms with Crippen LogP contribution in [0.4, 0.5) is 17.6 Å². The minimum Gasteiger partial charge on any atom is -0.366 e. The molecule has 36 heavy (non-hydrogen) atoms. The maximum Gasteiger partial charge on any atom is 0.523 e. The Bertz CT molecular complexity index is 1280. The minimum atomic E-state index is -5.98. The number of hydrogen-bond donors (Lipinski definition) is 0. The van der Waals surface area contributed by atoms with Crippen LogP contribution in [0.1, 0.15) is 29.2 Å². The van der Waals surface area contributed by atoms with Gasteiger partial charge in [0.05, 0.1) is 18.7 Å². The summed E-state index contributed by atoms with van der Waals surface area (Å²) < 4.78 is 84.4. The minimum absolute atomic E-state index is 0.270. The second kappa shape index (κ2) is 10.1. The zero-order chi connectivity index (χ0) is 26.1. The molecule has 4 atom stereocenters. The van der Waals surface area contributed by atoms with E-state index in [1.54, 1.807) is 18.2 Å². The van der Waals surface area contributed by atoms with Gasteiger partial charge in [-0.05, 0) is 47.2 Å². The van der Waals surface area contributed by atoms with Crippen LogP contribution in [-0.2, 0) is 30.3 Å². The van der Waals surface area contributed by atoms with Gasteiger partial charge in [0.1, 0.15) is 18.0 Å². The molecule has 0 aliphatic carbocycles. The van der Waals surface area contributed by atoms with Crippen LogP contribution in [-0.4, -0.2) is 56.1 Å². The van der Waals surface area contributed by atoms with Gasteiger partial charge in [-0.1, -0.05) is 41.5 Å². The Morgan fingerprint density at radius 3 is 2.53 bits per heavy atom. The average Bonchev–Trinajstić information content (AvgIpc) is 2.84. The van der Waals surface area contributed by atoms with Crippen LogP contribution in [0.25, 0.3) is 10.4 Å². The summed E-state index contributed by atoms with van der Waals surface area (Å²) in [5.74, 6) is -0.984. The highest BCUT2D eigenvalue weighted by atomic mass is 32.2. The van der Waals surface area contributed by atoms with E-state index in [-0.39, 0.29) is 6.54 Å². The first-order chi connectivity index (χ1) is 17.0. The molecular weight excluding hydrogens is 508 g/mol. The summed E-state index contributed by atoms with van der Waals surface area (Å²) >= 11 is 0. The first-order valence-corrected chi connectivity index (χ1v) is 12.2. The van der Waals surface area contributed by atoms with Gasteiger partial charge in [0.15, 0.2) is 0 Å². The molecule has 0 spiro atoms. The first kappa shape index (κ1) is 25.9. The highest BCUT2D eigenvalue weighted by molar-refractivity contribution is 7.87. The third-order valence-electron chi connectivity index (χ3n) is 6.11. The molecule has 2 aliphatic rings. The van der Waals surface area contributed by atoms with Gasteiger partial charge >= 0.3 is 15.6 Å². The van der Waals surface area contributed by atoms with E-state index in [9.17, 15) is 30.8 Å². The van der Waals surface area contributed by atoms with Crippen molar-refractivity contribution in [1.29, 1.82) is 0 Å². The lowest BCUT2D eigenvalue weighted by atomic mass is 9.87. The average molecular weight is 528 g/mol. The summed E-state index contributed by atoms with van der Waals surface area (Å²) in [5, 5.41) is 3.36. The van der Waals surface area contributed by atoms with Crippen LogP contribution in [0.2, 0.25) is 0 Å². The predicted molar refractivity (Wildman–Crippen MR) is 117 cm³/mol. The number of ether oxygens (including phenoxy) is 1. The summed E-state index contributed by atoms with van der Waals surface area (Å²) in [6.45, 7) is -0.451. The number of carbonyl (C=O) groups excluding carboxylic acids is 1. The number of amides is 1. The number of alkyl halides is 3. The molecule has 0 N–H and O–H groups in total. The zero-order valence-electron chi connectivity index (χ0n) is 18.5. The molecule has 0 aromatic heterocycles. The molecule has 0 bridgehead atoms. The number of halogens is 4. The van der Waals surface area contributed by atoms with Gasteiger partial charge < -0.3 is 9.64 Å². The Morgan fingerprint density at radius 1 is 1.17 bits per heavy atom. The molecule has 1 fully saturated rings. The fourth-order valence-corrected chi connectivity index (χ4v) is 5.04. The van der Waals surface area contributed by atoms with Gasteiger partial charge in [-0.25, -0.2) is 4.39 Å². The van der Waals surface area contributed by atoms with Crippen LogP contribution in [0, 0.1) is 5.82 Å². The van der Waals surface area contributed by atoms with Crippen molar-refractivity contribution in [2.75, 3.05) is 13.2 Å². The smallest absolute Gasteiger partial charge is 0.366 e. The summed E-state index contributed by atoms with van der Waals surface area (Å²) in [6, 6.07) is 11.1. The van der Waals surface area contributed by atoms with E-state index in [0.717, 1.165) is 11.1 Å². The number of rotatable bonds is 5. The number of hydrogen-bond acceptors (Lipinski definition) is 6. The second-order valence-corrected chi connectivity index (χ2v) is 9.86. The van der Waals surface area contributed by atoms with Crippen LogP contribution in [0.5, 0.6) is 0 Å². The lowest BCUT2D eigenvalue weighted by molar-refractivity contribution is -0.154. The fraction of sp³-hybridized carbons (Fsp3) is 0.409. The topological polar surface area (TPSA) is 122 Å². The van der Waals surface area contributed by atoms with E-state index in [0.29, 0.717) is 12.0 Å². The van der Waals surface area contributed by atoms with E-state index in [1.165, 1.54) is 17.0 Å². The molecule has 1 amide bonds. The van der Waals surface area contributed by atoms with Gasteiger partial charge in [-0.3, -0.25) is 8.98 Å². The largest absolute Gasteiger partial charge is 0.523 e. The molecule has 1 saturated heterocycles. The van der Waals surface area contributed by atoms with Crippen molar-refractivity contribution >= 4 is 16.0 Å². The number of nitrogens with zero attached hydrogens (tertiary/aromatic N) is 4. The van der Waals surface area contributed by atoms with E-state index in [1.807, 2.05) is 18.2 Å². The maximum absolute atomic E-state index is 13.6. The summed E-state index contributed by atoms with van der Waals surface area (Å²) in [7, 11) is -5.98. The summed E-state index contributed by atoms with van der Waals surface area (Å²) in [4.78, 5) is 17.6. The van der Waals surface area contributed by atoms with Gasteiger partial charge in [-0.2, -0.15) is 21.6 Å². The number of benzene rings is 2. The lowest BCUT2D eigenvalue weighted by Crippen LogP contribution is -2.52. The Hall–Kier alpha value is -3.19. The van der Waals surface area contributed by atoms with Crippen molar-refractivity contribution in [3.63, 3.8) is 0 Å². The summed E-state index contributed by atoms with van der Waals surface area (Å²) in [6.07, 6.45) is -2.87. The molecule has 0 unspecified atom stereocenters. The van der Waals surface area contributed by atoms with Crippen molar-refractivity contribution in [2.24, 2.45) is 5.11 Å². The fourth-order valence-electron chi connectivity index (χ4n) is 4.42. The molecule has 2 aliphatic heterocycles. The third-order valence-corrected chi connectivity index (χ3v) is 7.18. The quantitative estimate of drug-likeness (QED) is 0.145. The Balaban J connectivity index is 1.60. The zero-order valence-corrected chi connectivity index (χ0v) is 19.3. The molecular formula is C22H20F4N4O5S. The van der Waals surface area contributed by atoms with Crippen molar-refractivity contribution < 1.29 is 39.7 Å². The van der Waals surface area contributed by atoms with Crippen molar-refractivity contribution in [3.8, 4) is 0 Å². The van der Waals surface area contributed by atoms with Crippen LogP contribution in [0.3, 0.4) is 0 Å². The highest BCUT2D eigenvalue weighted by Crippen LogP contribution is 2.37. The van der Waals surface area contributed by atoms with Crippen LogP contribution < -0.4 is 0 Å². The monoisotopic (exact) mass is 528 g/mol. The Labute approximate surface area is 203 Å². The van der Waals surface area contributed by atoms with E-state index >= 15 is 0 Å². The molecule has 192 valence electrons. The van der Waals surface area contributed by atoms with E-state index < -0.39 is 64.7 Å². The SMILES string of the molecule is [N-]=[N+]=N[C@H]1C[C@H](C(=O)N2CCc3ccccc3[C@@H]2c2ccc(F)cc2)OC[C@@H]1OS(=O)(=O)C(F)(F)F. The van der Waals surface area contributed by atoms with Crippen LogP contribution in [0.15, 0.2) is 53.6 Å². The number of azide groups is 1. The molecule has 0 radical (unpaired) electrons. The Morgan fingerprint density at radius 2 is 1.86 bits per heavy atom. The molecule has 14 heteroatoms. The second-order valence-electron chi connectivity index (χ2n) is 8.30. The van der Waals surface area contributed by atoms with Crippen molar-refractivity contribution in [2.45, 2.75) is 42.6 Å². The molecule has 0 saturated carbocycles. The van der Waals surface area contributed by atoms with Crippen molar-refractivity contribution in [1.82, 2.24) is 4.90 Å². The third kappa shape index (κ3) is 5.16. The van der Waals surface area contributed by atoms with E-state index in [4.69, 9.17) is 10.3 Å². The Kier molecular flexibility index (Phi) is 7.23.